The normalized spacial score (nSPS) is 14.2. The summed E-state index contributed by atoms with van der Waals surface area (Å²) >= 11 is 0. The van der Waals surface area contributed by atoms with Crippen LogP contribution in [0.25, 0.3) is 0 Å². The van der Waals surface area contributed by atoms with E-state index in [1.165, 1.54) is 22.3 Å². The summed E-state index contributed by atoms with van der Waals surface area (Å²) in [6.45, 7) is 17.6. The zero-order valence-corrected chi connectivity index (χ0v) is 22.6. The average Bonchev–Trinajstić information content (AvgIpc) is 2.78. The van der Waals surface area contributed by atoms with Gasteiger partial charge in [0, 0.05) is 17.7 Å². The summed E-state index contributed by atoms with van der Waals surface area (Å²) in [4.78, 5) is 0. The molecule has 0 fully saturated rings. The molecule has 0 saturated carbocycles. The molecule has 0 amide bonds. The van der Waals surface area contributed by atoms with Gasteiger partial charge < -0.3 is 9.84 Å². The van der Waals surface area contributed by atoms with Gasteiger partial charge in [0.2, 0.25) is 0 Å². The molecule has 0 heterocycles. The molecule has 0 aromatic heterocycles. The quantitative estimate of drug-likeness (QED) is 0.423. The number of hydrogen-bond donors (Lipinski definition) is 2. The van der Waals surface area contributed by atoms with Crippen LogP contribution in [0.4, 0.5) is 0 Å². The number of hydrogen-bond acceptors (Lipinski definition) is 3. The molecule has 0 spiro atoms. The molecule has 2 aromatic rings. The summed E-state index contributed by atoms with van der Waals surface area (Å²) < 4.78 is 20.8. The summed E-state index contributed by atoms with van der Waals surface area (Å²) in [5, 5.41) is 10.3. The van der Waals surface area contributed by atoms with Gasteiger partial charge in [0.1, 0.15) is 12.4 Å². The van der Waals surface area contributed by atoms with Crippen LogP contribution in [0.15, 0.2) is 36.4 Å². The van der Waals surface area contributed by atoms with Crippen molar-refractivity contribution in [2.75, 3.05) is 12.4 Å². The third kappa shape index (κ3) is 6.68. The molecule has 0 aliphatic carbocycles. The highest BCUT2D eigenvalue weighted by Gasteiger charge is 2.31. The van der Waals surface area contributed by atoms with Crippen molar-refractivity contribution in [2.45, 2.75) is 86.3 Å². The standard InChI is InChI=1S/C28H43NO3S/c1-9-28(10-2,23-13-12-22(20(4)16-23)18-29-33(31)11-3)24-14-15-25(21(5)17-24)32-19-26(30)27(6,7)8/h12-17,26,29-30H,9-11,18-19H2,1-8H3. The molecule has 2 N–H and O–H groups in total. The number of aliphatic hydroxyl groups excluding tert-OH is 1. The maximum atomic E-state index is 11.8. The number of aliphatic hydroxyl groups is 1. The van der Waals surface area contributed by atoms with Gasteiger partial charge in [-0.2, -0.15) is 0 Å². The lowest BCUT2D eigenvalue weighted by Crippen LogP contribution is -2.32. The molecule has 2 atom stereocenters. The first-order valence-electron chi connectivity index (χ1n) is 12.1. The van der Waals surface area contributed by atoms with Crippen molar-refractivity contribution in [3.8, 4) is 5.75 Å². The number of benzene rings is 2. The second-order valence-electron chi connectivity index (χ2n) is 10.1. The van der Waals surface area contributed by atoms with Gasteiger partial charge in [0.05, 0.1) is 17.1 Å². The van der Waals surface area contributed by atoms with E-state index in [0.717, 1.165) is 24.2 Å². The third-order valence-electron chi connectivity index (χ3n) is 6.91. The van der Waals surface area contributed by atoms with Gasteiger partial charge in [0.15, 0.2) is 0 Å². The van der Waals surface area contributed by atoms with Crippen molar-refractivity contribution in [1.82, 2.24) is 4.72 Å². The fourth-order valence-corrected chi connectivity index (χ4v) is 4.73. The van der Waals surface area contributed by atoms with Crippen molar-refractivity contribution >= 4 is 11.0 Å². The van der Waals surface area contributed by atoms with E-state index in [9.17, 15) is 9.32 Å². The fraction of sp³-hybridized carbons (Fsp3) is 0.571. The molecule has 2 aromatic carbocycles. The Morgan fingerprint density at radius 1 is 0.970 bits per heavy atom. The Morgan fingerprint density at radius 2 is 1.55 bits per heavy atom. The second kappa shape index (κ2) is 11.6. The van der Waals surface area contributed by atoms with E-state index in [1.54, 1.807) is 0 Å². The van der Waals surface area contributed by atoms with E-state index in [-0.39, 0.29) is 17.4 Å². The third-order valence-corrected chi connectivity index (χ3v) is 7.90. The second-order valence-corrected chi connectivity index (χ2v) is 11.6. The highest BCUT2D eigenvalue weighted by molar-refractivity contribution is 7.82. The summed E-state index contributed by atoms with van der Waals surface area (Å²) in [5.41, 5.74) is 5.77. The van der Waals surface area contributed by atoms with Crippen LogP contribution in [0.5, 0.6) is 5.75 Å². The summed E-state index contributed by atoms with van der Waals surface area (Å²) in [7, 11) is -0.984. The molecule has 0 aliphatic rings. The molecular formula is C28H43NO3S. The van der Waals surface area contributed by atoms with Crippen LogP contribution < -0.4 is 9.46 Å². The van der Waals surface area contributed by atoms with E-state index in [1.807, 2.05) is 33.8 Å². The van der Waals surface area contributed by atoms with E-state index < -0.39 is 17.1 Å². The first kappa shape index (κ1) is 27.6. The number of ether oxygens (including phenoxy) is 1. The number of nitrogens with one attached hydrogen (secondary N) is 1. The largest absolute Gasteiger partial charge is 0.491 e. The van der Waals surface area contributed by atoms with Crippen LogP contribution in [0.3, 0.4) is 0 Å². The molecule has 184 valence electrons. The summed E-state index contributed by atoms with van der Waals surface area (Å²) in [6, 6.07) is 13.1. The van der Waals surface area contributed by atoms with Crippen molar-refractivity contribution in [3.63, 3.8) is 0 Å². The Morgan fingerprint density at radius 3 is 2.03 bits per heavy atom. The van der Waals surface area contributed by atoms with Gasteiger partial charge in [-0.25, -0.2) is 8.93 Å². The molecule has 4 nitrogen and oxygen atoms in total. The molecule has 2 rings (SSSR count). The zero-order chi connectivity index (χ0) is 24.8. The lowest BCUT2D eigenvalue weighted by molar-refractivity contribution is 0.0216. The van der Waals surface area contributed by atoms with Crippen LogP contribution in [-0.4, -0.2) is 27.8 Å². The maximum Gasteiger partial charge on any atom is 0.122 e. The minimum Gasteiger partial charge on any atom is -0.491 e. The van der Waals surface area contributed by atoms with E-state index >= 15 is 0 Å². The van der Waals surface area contributed by atoms with E-state index in [2.05, 4.69) is 62.7 Å². The van der Waals surface area contributed by atoms with Gasteiger partial charge >= 0.3 is 0 Å². The Labute approximate surface area is 203 Å². The van der Waals surface area contributed by atoms with Crippen molar-refractivity contribution < 1.29 is 14.1 Å². The van der Waals surface area contributed by atoms with Crippen molar-refractivity contribution in [2.24, 2.45) is 5.41 Å². The Balaban J connectivity index is 2.32. The molecule has 0 saturated heterocycles. The molecule has 0 aliphatic heterocycles. The molecule has 2 unspecified atom stereocenters. The zero-order valence-electron chi connectivity index (χ0n) is 21.7. The minimum absolute atomic E-state index is 0.0861. The molecular weight excluding hydrogens is 430 g/mol. The number of aryl methyl sites for hydroxylation is 2. The van der Waals surface area contributed by atoms with Crippen molar-refractivity contribution in [3.05, 3.63) is 64.2 Å². The lowest BCUT2D eigenvalue weighted by Gasteiger charge is -2.34. The molecule has 33 heavy (non-hydrogen) atoms. The SMILES string of the molecule is CCS(=O)NCc1ccc(C(CC)(CC)c2ccc(OCC(O)C(C)(C)C)c(C)c2)cc1C. The average molecular weight is 474 g/mol. The highest BCUT2D eigenvalue weighted by Crippen LogP contribution is 2.41. The Kier molecular flexibility index (Phi) is 9.71. The number of rotatable bonds is 11. The first-order valence-corrected chi connectivity index (χ1v) is 13.4. The van der Waals surface area contributed by atoms with Crippen LogP contribution in [-0.2, 0) is 22.9 Å². The van der Waals surface area contributed by atoms with Gasteiger partial charge in [-0.3, -0.25) is 0 Å². The predicted octanol–water partition coefficient (Wildman–Crippen LogP) is 5.97. The minimum atomic E-state index is -0.984. The van der Waals surface area contributed by atoms with Gasteiger partial charge in [-0.05, 0) is 66.0 Å². The smallest absolute Gasteiger partial charge is 0.122 e. The highest BCUT2D eigenvalue weighted by atomic mass is 32.2. The summed E-state index contributed by atoms with van der Waals surface area (Å²) in [6.07, 6.45) is 1.46. The van der Waals surface area contributed by atoms with Crippen LogP contribution in [0.1, 0.15) is 82.2 Å². The maximum absolute atomic E-state index is 11.8. The topological polar surface area (TPSA) is 58.6 Å². The van der Waals surface area contributed by atoms with Crippen LogP contribution in [0, 0.1) is 19.3 Å². The Hall–Kier alpha value is -1.69. The van der Waals surface area contributed by atoms with Gasteiger partial charge in [0.25, 0.3) is 0 Å². The van der Waals surface area contributed by atoms with Crippen LogP contribution >= 0.6 is 0 Å². The Bertz CT molecular complexity index is 945. The molecule has 5 heteroatoms. The van der Waals surface area contributed by atoms with Crippen LogP contribution in [0.2, 0.25) is 0 Å². The molecule has 0 radical (unpaired) electrons. The predicted molar refractivity (Wildman–Crippen MR) is 140 cm³/mol. The van der Waals surface area contributed by atoms with Crippen molar-refractivity contribution in [1.29, 1.82) is 0 Å². The first-order chi connectivity index (χ1) is 15.5. The fourth-order valence-electron chi connectivity index (χ4n) is 4.21. The van der Waals surface area contributed by atoms with Gasteiger partial charge in [-0.1, -0.05) is 71.9 Å². The monoisotopic (exact) mass is 473 g/mol. The van der Waals surface area contributed by atoms with E-state index in [4.69, 9.17) is 4.74 Å². The lowest BCUT2D eigenvalue weighted by atomic mass is 9.70. The van der Waals surface area contributed by atoms with Gasteiger partial charge in [-0.15, -0.1) is 0 Å². The van der Waals surface area contributed by atoms with E-state index in [0.29, 0.717) is 12.3 Å². The molecule has 0 bridgehead atoms. The summed E-state index contributed by atoms with van der Waals surface area (Å²) in [5.74, 6) is 1.44.